The lowest BCUT2D eigenvalue weighted by Gasteiger charge is -2.19. The summed E-state index contributed by atoms with van der Waals surface area (Å²) in [5, 5.41) is 4.66. The summed E-state index contributed by atoms with van der Waals surface area (Å²) < 4.78 is 0. The molecule has 3 aromatic heterocycles. The van der Waals surface area contributed by atoms with Gasteiger partial charge in [0.05, 0.1) is 16.9 Å². The molecule has 8 heteroatoms. The second-order valence-corrected chi connectivity index (χ2v) is 9.01. The Labute approximate surface area is 163 Å². The van der Waals surface area contributed by atoms with E-state index >= 15 is 0 Å². The number of aromatic amines is 1. The second-order valence-electron chi connectivity index (χ2n) is 6.22. The summed E-state index contributed by atoms with van der Waals surface area (Å²) in [5.74, 6) is 1.77. The first kappa shape index (κ1) is 17.8. The van der Waals surface area contributed by atoms with Gasteiger partial charge < -0.3 is 9.88 Å². The van der Waals surface area contributed by atoms with Crippen LogP contribution in [0.3, 0.4) is 0 Å². The van der Waals surface area contributed by atoms with Gasteiger partial charge in [-0.1, -0.05) is 6.07 Å². The summed E-state index contributed by atoms with van der Waals surface area (Å²) in [6.07, 6.45) is 2.25. The fourth-order valence-electron chi connectivity index (χ4n) is 3.02. The quantitative estimate of drug-likeness (QED) is 0.646. The van der Waals surface area contributed by atoms with Gasteiger partial charge in [0, 0.05) is 28.4 Å². The minimum atomic E-state index is -0.102. The van der Waals surface area contributed by atoms with Crippen LogP contribution < -0.4 is 5.56 Å². The van der Waals surface area contributed by atoms with E-state index in [0.29, 0.717) is 28.8 Å². The minimum Gasteiger partial charge on any atom is -0.339 e. The Hall–Kier alpha value is -1.64. The number of hydrogen-bond acceptors (Lipinski definition) is 6. The summed E-state index contributed by atoms with van der Waals surface area (Å²) >= 11 is 4.62. The van der Waals surface area contributed by atoms with E-state index in [1.807, 2.05) is 34.7 Å². The van der Waals surface area contributed by atoms with Gasteiger partial charge in [0.2, 0.25) is 5.91 Å². The number of nitrogens with zero attached hydrogens (tertiary/aromatic N) is 2. The molecule has 0 unspecified atom stereocenters. The molecule has 5 nitrogen and oxygen atoms in total. The third kappa shape index (κ3) is 3.58. The number of hydrogen-bond donors (Lipinski definition) is 1. The van der Waals surface area contributed by atoms with Crippen LogP contribution in [-0.4, -0.2) is 39.1 Å². The molecule has 0 spiro atoms. The zero-order chi connectivity index (χ0) is 18.1. The molecule has 1 N–H and O–H groups in total. The van der Waals surface area contributed by atoms with Crippen molar-refractivity contribution in [1.82, 2.24) is 14.9 Å². The van der Waals surface area contributed by atoms with Gasteiger partial charge in [-0.3, -0.25) is 9.59 Å². The molecule has 0 radical (unpaired) electrons. The van der Waals surface area contributed by atoms with Crippen LogP contribution >= 0.6 is 34.4 Å². The van der Waals surface area contributed by atoms with Crippen molar-refractivity contribution >= 4 is 50.6 Å². The first-order valence-corrected chi connectivity index (χ1v) is 11.5. The molecule has 1 aliphatic rings. The van der Waals surface area contributed by atoms with Crippen molar-refractivity contribution in [3.63, 3.8) is 0 Å². The number of H-pyrrole nitrogens is 1. The largest absolute Gasteiger partial charge is 0.339 e. The van der Waals surface area contributed by atoms with E-state index in [2.05, 4.69) is 9.97 Å². The normalized spacial score (nSPS) is 14.0. The van der Waals surface area contributed by atoms with Crippen LogP contribution in [0.1, 0.15) is 25.6 Å². The maximum absolute atomic E-state index is 12.6. The number of amides is 1. The zero-order valence-electron chi connectivity index (χ0n) is 14.4. The van der Waals surface area contributed by atoms with Crippen LogP contribution in [0.15, 0.2) is 27.7 Å². The van der Waals surface area contributed by atoms with Crippen molar-refractivity contribution in [1.29, 1.82) is 0 Å². The lowest BCUT2D eigenvalue weighted by Crippen LogP contribution is -2.34. The predicted molar refractivity (Wildman–Crippen MR) is 110 cm³/mol. The first-order chi connectivity index (χ1) is 12.7. The van der Waals surface area contributed by atoms with Crippen LogP contribution in [-0.2, 0) is 10.5 Å². The number of nitrogens with one attached hydrogen (secondary N) is 1. The molecule has 1 amide bonds. The summed E-state index contributed by atoms with van der Waals surface area (Å²) in [7, 11) is 0. The maximum atomic E-state index is 12.6. The number of thiophene rings is 2. The lowest BCUT2D eigenvalue weighted by atomic mass is 10.2. The van der Waals surface area contributed by atoms with Crippen LogP contribution in [0.5, 0.6) is 0 Å². The van der Waals surface area contributed by atoms with Gasteiger partial charge in [-0.15, -0.1) is 34.4 Å². The molecule has 4 rings (SSSR count). The number of thioether (sulfide) groups is 1. The van der Waals surface area contributed by atoms with E-state index < -0.39 is 0 Å². The van der Waals surface area contributed by atoms with Gasteiger partial charge in [0.25, 0.3) is 5.56 Å². The first-order valence-electron chi connectivity index (χ1n) is 8.59. The van der Waals surface area contributed by atoms with Crippen molar-refractivity contribution in [2.45, 2.75) is 31.6 Å². The van der Waals surface area contributed by atoms with E-state index in [4.69, 9.17) is 0 Å². The standard InChI is InChI=1S/C18H19N3O2S3/c1-2-21(11-5-6-11)15(22)10-24-9-14-19-17(23)16-12(8-26-18(16)20-14)13-4-3-7-25-13/h3-4,7-8,11H,2,5-6,9-10H2,1H3,(H,19,20,23). The Kier molecular flexibility index (Phi) is 5.15. The molecule has 3 aromatic rings. The molecule has 136 valence electrons. The fraction of sp³-hybridized carbons (Fsp3) is 0.389. The molecule has 3 heterocycles. The highest BCUT2D eigenvalue weighted by atomic mass is 32.2. The molecule has 1 aliphatic carbocycles. The fourth-order valence-corrected chi connectivity index (χ4v) is 5.57. The summed E-state index contributed by atoms with van der Waals surface area (Å²) in [4.78, 5) is 36.1. The number of aromatic nitrogens is 2. The molecule has 0 atom stereocenters. The highest BCUT2D eigenvalue weighted by Crippen LogP contribution is 2.33. The monoisotopic (exact) mass is 405 g/mol. The van der Waals surface area contributed by atoms with E-state index in [1.54, 1.807) is 11.3 Å². The minimum absolute atomic E-state index is 0.102. The Morgan fingerprint density at radius 2 is 2.27 bits per heavy atom. The molecule has 0 saturated heterocycles. The topological polar surface area (TPSA) is 66.1 Å². The van der Waals surface area contributed by atoms with Gasteiger partial charge in [-0.05, 0) is 31.2 Å². The Bertz CT molecular complexity index is 973. The Morgan fingerprint density at radius 3 is 2.96 bits per heavy atom. The molecule has 26 heavy (non-hydrogen) atoms. The molecule has 0 aromatic carbocycles. The molecule has 1 fully saturated rings. The summed E-state index contributed by atoms with van der Waals surface area (Å²) in [6.45, 7) is 2.79. The lowest BCUT2D eigenvalue weighted by molar-refractivity contribution is -0.128. The third-order valence-corrected chi connectivity index (χ3v) is 7.10. The van der Waals surface area contributed by atoms with Crippen LogP contribution in [0, 0.1) is 0 Å². The number of carbonyl (C=O) groups is 1. The summed E-state index contributed by atoms with van der Waals surface area (Å²) in [5.41, 5.74) is 0.848. The van der Waals surface area contributed by atoms with Gasteiger partial charge >= 0.3 is 0 Å². The van der Waals surface area contributed by atoms with Crippen LogP contribution in [0.25, 0.3) is 20.7 Å². The highest BCUT2D eigenvalue weighted by molar-refractivity contribution is 7.99. The number of rotatable bonds is 7. The summed E-state index contributed by atoms with van der Waals surface area (Å²) in [6, 6.07) is 4.44. The highest BCUT2D eigenvalue weighted by Gasteiger charge is 2.30. The predicted octanol–water partition coefficient (Wildman–Crippen LogP) is 3.96. The van der Waals surface area contributed by atoms with Crippen molar-refractivity contribution in [2.24, 2.45) is 0 Å². The van der Waals surface area contributed by atoms with E-state index in [1.165, 1.54) is 23.1 Å². The van der Waals surface area contributed by atoms with E-state index in [-0.39, 0.29) is 11.5 Å². The van der Waals surface area contributed by atoms with Gasteiger partial charge in [-0.25, -0.2) is 4.98 Å². The third-order valence-electron chi connectivity index (χ3n) is 4.39. The van der Waals surface area contributed by atoms with Crippen LogP contribution in [0.4, 0.5) is 0 Å². The Morgan fingerprint density at radius 1 is 1.42 bits per heavy atom. The smallest absolute Gasteiger partial charge is 0.260 e. The van der Waals surface area contributed by atoms with Crippen molar-refractivity contribution in [3.8, 4) is 10.4 Å². The average Bonchev–Trinajstić information content (AvgIpc) is 3.13. The zero-order valence-corrected chi connectivity index (χ0v) is 16.8. The number of fused-ring (bicyclic) bond motifs is 1. The van der Waals surface area contributed by atoms with Crippen molar-refractivity contribution in [3.05, 3.63) is 39.1 Å². The second kappa shape index (κ2) is 7.54. The Balaban J connectivity index is 1.46. The van der Waals surface area contributed by atoms with Crippen molar-refractivity contribution < 1.29 is 4.79 Å². The van der Waals surface area contributed by atoms with E-state index in [9.17, 15) is 9.59 Å². The van der Waals surface area contributed by atoms with Gasteiger partial charge in [0.1, 0.15) is 10.7 Å². The van der Waals surface area contributed by atoms with E-state index in [0.717, 1.165) is 34.7 Å². The van der Waals surface area contributed by atoms with Crippen molar-refractivity contribution in [2.75, 3.05) is 12.3 Å². The number of carbonyl (C=O) groups excluding carboxylic acids is 1. The molecule has 0 aliphatic heterocycles. The van der Waals surface area contributed by atoms with Crippen LogP contribution in [0.2, 0.25) is 0 Å². The molecule has 0 bridgehead atoms. The van der Waals surface area contributed by atoms with Gasteiger partial charge in [-0.2, -0.15) is 0 Å². The van der Waals surface area contributed by atoms with Gasteiger partial charge in [0.15, 0.2) is 0 Å². The average molecular weight is 406 g/mol. The molecule has 1 saturated carbocycles. The maximum Gasteiger partial charge on any atom is 0.260 e. The molecular weight excluding hydrogens is 386 g/mol. The molecular formula is C18H19N3O2S3. The SMILES string of the molecule is CCN(C(=O)CSCc1nc2scc(-c3cccs3)c2c(=O)[nH]1)C1CC1.